The Bertz CT molecular complexity index is 1390. The van der Waals surface area contributed by atoms with Crippen LogP contribution in [0.4, 0.5) is 5.69 Å². The van der Waals surface area contributed by atoms with Crippen molar-refractivity contribution in [1.29, 1.82) is 0 Å². The zero-order chi connectivity index (χ0) is 25.2. The number of anilines is 1. The Labute approximate surface area is 201 Å². The van der Waals surface area contributed by atoms with Gasteiger partial charge in [0.15, 0.2) is 0 Å². The van der Waals surface area contributed by atoms with E-state index in [-0.39, 0.29) is 10.9 Å². The van der Waals surface area contributed by atoms with E-state index < -0.39 is 41.7 Å². The second-order valence-corrected chi connectivity index (χ2v) is 9.33. The minimum Gasteiger partial charge on any atom is -0.495 e. The number of rotatable bonds is 6. The van der Waals surface area contributed by atoms with Crippen LogP contribution in [0.1, 0.15) is 26.3 Å². The number of para-hydroxylation sites is 1. The smallest absolute Gasteiger partial charge is 0.332 e. The van der Waals surface area contributed by atoms with Crippen LogP contribution < -0.4 is 26.6 Å². The largest absolute Gasteiger partial charge is 0.495 e. The molecule has 180 valence electrons. The summed E-state index contributed by atoms with van der Waals surface area (Å²) in [5, 5.41) is 6.09. The fraction of sp³-hybridized carbons (Fsp3) is 0.333. The molecule has 3 aromatic rings. The van der Waals surface area contributed by atoms with Gasteiger partial charge < -0.3 is 15.4 Å². The highest BCUT2D eigenvalue weighted by Crippen LogP contribution is 2.30. The lowest BCUT2D eigenvalue weighted by Crippen LogP contribution is -2.48. The first-order valence-corrected chi connectivity index (χ1v) is 11.0. The molecule has 0 saturated carbocycles. The topological polar surface area (TPSA) is 111 Å². The minimum absolute atomic E-state index is 0.217. The first-order chi connectivity index (χ1) is 15.9. The summed E-state index contributed by atoms with van der Waals surface area (Å²) in [7, 11) is 1.47. The summed E-state index contributed by atoms with van der Waals surface area (Å²) < 4.78 is 7.31. The van der Waals surface area contributed by atoms with Gasteiger partial charge >= 0.3 is 5.69 Å². The summed E-state index contributed by atoms with van der Waals surface area (Å²) in [5.41, 5.74) is -0.498. The van der Waals surface area contributed by atoms with E-state index in [1.807, 2.05) is 0 Å². The molecule has 9 nitrogen and oxygen atoms in total. The van der Waals surface area contributed by atoms with Crippen LogP contribution in [0.5, 0.6) is 5.75 Å². The van der Waals surface area contributed by atoms with Crippen LogP contribution >= 0.6 is 11.6 Å². The molecule has 0 atom stereocenters. The Kier molecular flexibility index (Phi) is 7.16. The first-order valence-electron chi connectivity index (χ1n) is 10.6. The quantitative estimate of drug-likeness (QED) is 0.556. The van der Waals surface area contributed by atoms with Gasteiger partial charge in [0.05, 0.1) is 23.7 Å². The van der Waals surface area contributed by atoms with Gasteiger partial charge in [0.25, 0.3) is 5.56 Å². The van der Waals surface area contributed by atoms with E-state index in [4.69, 9.17) is 16.3 Å². The molecule has 0 radical (unpaired) electrons. The standard InChI is InChI=1S/C24H27ClN4O5/c1-14-10-19(34-5)17(11-16(14)25)26-20(30)12-28-18-9-7-6-8-15(18)22(32)29(23(28)33)13-21(31)27-24(2,3)4/h6-11H,12-13H2,1-5H3,(H,26,30)(H,27,31). The van der Waals surface area contributed by atoms with Crippen LogP contribution in [0.3, 0.4) is 0 Å². The summed E-state index contributed by atoms with van der Waals surface area (Å²) >= 11 is 6.18. The van der Waals surface area contributed by atoms with Crippen molar-refractivity contribution < 1.29 is 14.3 Å². The number of nitrogens with zero attached hydrogens (tertiary/aromatic N) is 2. The Balaban J connectivity index is 2.01. The van der Waals surface area contributed by atoms with E-state index in [1.54, 1.807) is 64.1 Å². The van der Waals surface area contributed by atoms with E-state index in [0.717, 1.165) is 10.1 Å². The third kappa shape index (κ3) is 5.48. The number of methoxy groups -OCH3 is 1. The Morgan fingerprint density at radius 2 is 1.68 bits per heavy atom. The molecular formula is C24H27ClN4O5. The number of aryl methyl sites for hydroxylation is 1. The number of halogens is 1. The van der Waals surface area contributed by atoms with Crippen molar-refractivity contribution in [3.8, 4) is 5.75 Å². The molecule has 2 aromatic carbocycles. The molecule has 0 bridgehead atoms. The molecule has 2 N–H and O–H groups in total. The van der Waals surface area contributed by atoms with Crippen LogP contribution in [0.2, 0.25) is 5.02 Å². The molecule has 0 aliphatic heterocycles. The first kappa shape index (κ1) is 25.0. The molecule has 34 heavy (non-hydrogen) atoms. The van der Waals surface area contributed by atoms with Gasteiger partial charge in [-0.3, -0.25) is 23.5 Å². The maximum Gasteiger partial charge on any atom is 0.332 e. The molecule has 0 fully saturated rings. The summed E-state index contributed by atoms with van der Waals surface area (Å²) in [5.74, 6) is -0.608. The van der Waals surface area contributed by atoms with Crippen molar-refractivity contribution in [3.05, 3.63) is 67.8 Å². The van der Waals surface area contributed by atoms with Crippen molar-refractivity contribution in [1.82, 2.24) is 14.5 Å². The van der Waals surface area contributed by atoms with Crippen LogP contribution in [0.15, 0.2) is 46.0 Å². The van der Waals surface area contributed by atoms with Crippen LogP contribution in [-0.4, -0.2) is 33.6 Å². The summed E-state index contributed by atoms with van der Waals surface area (Å²) in [4.78, 5) is 51.6. The van der Waals surface area contributed by atoms with Crippen LogP contribution in [0.25, 0.3) is 10.9 Å². The van der Waals surface area contributed by atoms with Crippen molar-refractivity contribution >= 4 is 40.0 Å². The average molecular weight is 487 g/mol. The van der Waals surface area contributed by atoms with E-state index in [0.29, 0.717) is 16.5 Å². The highest BCUT2D eigenvalue weighted by atomic mass is 35.5. The number of carbonyl (C=O) groups is 2. The van der Waals surface area contributed by atoms with Gasteiger partial charge in [-0.05, 0) is 57.5 Å². The Hall–Kier alpha value is -3.59. The van der Waals surface area contributed by atoms with Gasteiger partial charge in [0.1, 0.15) is 18.8 Å². The fourth-order valence-corrected chi connectivity index (χ4v) is 3.68. The number of ether oxygens (including phenoxy) is 1. The number of hydrogen-bond donors (Lipinski definition) is 2. The number of fused-ring (bicyclic) bond motifs is 1. The van der Waals surface area contributed by atoms with Gasteiger partial charge in [-0.2, -0.15) is 0 Å². The summed E-state index contributed by atoms with van der Waals surface area (Å²) in [6, 6.07) is 9.69. The molecule has 10 heteroatoms. The second kappa shape index (κ2) is 9.72. The second-order valence-electron chi connectivity index (χ2n) is 8.93. The van der Waals surface area contributed by atoms with E-state index in [9.17, 15) is 19.2 Å². The van der Waals surface area contributed by atoms with E-state index >= 15 is 0 Å². The highest BCUT2D eigenvalue weighted by molar-refractivity contribution is 6.31. The number of aromatic nitrogens is 2. The summed E-state index contributed by atoms with van der Waals surface area (Å²) in [6.45, 7) is 6.33. The fourth-order valence-electron chi connectivity index (χ4n) is 3.52. The average Bonchev–Trinajstić information content (AvgIpc) is 2.75. The van der Waals surface area contributed by atoms with E-state index in [1.165, 1.54) is 11.7 Å². The minimum atomic E-state index is -0.767. The maximum atomic E-state index is 13.2. The Morgan fingerprint density at radius 1 is 1.03 bits per heavy atom. The zero-order valence-electron chi connectivity index (χ0n) is 19.7. The number of hydrogen-bond acceptors (Lipinski definition) is 5. The normalized spacial score (nSPS) is 11.4. The zero-order valence-corrected chi connectivity index (χ0v) is 20.4. The van der Waals surface area contributed by atoms with Crippen LogP contribution in [-0.2, 0) is 22.7 Å². The highest BCUT2D eigenvalue weighted by Gasteiger charge is 2.20. The lowest BCUT2D eigenvalue weighted by molar-refractivity contribution is -0.123. The number of benzene rings is 2. The molecule has 1 heterocycles. The molecule has 0 aliphatic carbocycles. The molecule has 0 unspecified atom stereocenters. The van der Waals surface area contributed by atoms with Gasteiger partial charge in [-0.1, -0.05) is 23.7 Å². The number of carbonyl (C=O) groups excluding carboxylic acids is 2. The lowest BCUT2D eigenvalue weighted by Gasteiger charge is -2.21. The molecule has 2 amide bonds. The van der Waals surface area contributed by atoms with Gasteiger partial charge in [-0.15, -0.1) is 0 Å². The molecular weight excluding hydrogens is 460 g/mol. The molecule has 1 aromatic heterocycles. The predicted octanol–water partition coefficient (Wildman–Crippen LogP) is 2.69. The Morgan fingerprint density at radius 3 is 2.32 bits per heavy atom. The lowest BCUT2D eigenvalue weighted by atomic mass is 10.1. The third-order valence-electron chi connectivity index (χ3n) is 5.00. The van der Waals surface area contributed by atoms with Gasteiger partial charge in [0.2, 0.25) is 11.8 Å². The van der Waals surface area contributed by atoms with Gasteiger partial charge in [0, 0.05) is 10.6 Å². The SMILES string of the molecule is COc1cc(C)c(Cl)cc1NC(=O)Cn1c(=O)n(CC(=O)NC(C)(C)C)c(=O)c2ccccc21. The number of amides is 2. The summed E-state index contributed by atoms with van der Waals surface area (Å²) in [6.07, 6.45) is 0. The molecule has 0 saturated heterocycles. The maximum absolute atomic E-state index is 13.2. The van der Waals surface area contributed by atoms with Crippen molar-refractivity contribution in [2.45, 2.75) is 46.3 Å². The molecule has 0 aliphatic rings. The molecule has 0 spiro atoms. The monoisotopic (exact) mass is 486 g/mol. The molecule has 3 rings (SSSR count). The van der Waals surface area contributed by atoms with Crippen molar-refractivity contribution in [3.63, 3.8) is 0 Å². The van der Waals surface area contributed by atoms with E-state index in [2.05, 4.69) is 10.6 Å². The van der Waals surface area contributed by atoms with Crippen LogP contribution in [0, 0.1) is 6.92 Å². The van der Waals surface area contributed by atoms with Gasteiger partial charge in [-0.25, -0.2) is 4.79 Å². The van der Waals surface area contributed by atoms with Crippen molar-refractivity contribution in [2.75, 3.05) is 12.4 Å². The number of nitrogens with one attached hydrogen (secondary N) is 2. The predicted molar refractivity (Wildman–Crippen MR) is 132 cm³/mol. The third-order valence-corrected chi connectivity index (χ3v) is 5.41. The van der Waals surface area contributed by atoms with Crippen molar-refractivity contribution in [2.24, 2.45) is 0 Å².